The molecule has 2 aliphatic heterocycles. The molecule has 0 bridgehead atoms. The smallest absolute Gasteiger partial charge is 0.228 e. The molecule has 3 aliphatic rings. The molecular formula is C20H24N2O2S. The predicted octanol–water partition coefficient (Wildman–Crippen LogP) is 2.51. The monoisotopic (exact) mass is 356 g/mol. The molecule has 0 spiro atoms. The molecule has 132 valence electrons. The number of amides is 2. The molecule has 1 aliphatic carbocycles. The van der Waals surface area contributed by atoms with Crippen molar-refractivity contribution < 1.29 is 9.59 Å². The zero-order valence-electron chi connectivity index (χ0n) is 14.2. The molecule has 2 fully saturated rings. The molecule has 2 N–H and O–H groups in total. The van der Waals surface area contributed by atoms with Gasteiger partial charge in [-0.3, -0.25) is 9.59 Å². The molecule has 4 nitrogen and oxygen atoms in total. The van der Waals surface area contributed by atoms with Crippen LogP contribution in [0.2, 0.25) is 0 Å². The van der Waals surface area contributed by atoms with Crippen LogP contribution in [-0.2, 0) is 16.0 Å². The molecule has 2 heterocycles. The zero-order chi connectivity index (χ0) is 17.2. The van der Waals surface area contributed by atoms with E-state index in [0.717, 1.165) is 25.7 Å². The fourth-order valence-corrected chi connectivity index (χ4v) is 5.76. The molecular weight excluding hydrogens is 332 g/mol. The Balaban J connectivity index is 1.30. The van der Waals surface area contributed by atoms with Crippen LogP contribution in [0.15, 0.2) is 41.8 Å². The number of hydrogen-bond donors (Lipinski definition) is 2. The number of carbonyl (C=O) groups excluding carboxylic acids is 2. The van der Waals surface area contributed by atoms with Crippen molar-refractivity contribution in [3.63, 3.8) is 0 Å². The Morgan fingerprint density at radius 3 is 2.92 bits per heavy atom. The van der Waals surface area contributed by atoms with Crippen molar-refractivity contribution >= 4 is 23.6 Å². The second-order valence-electron chi connectivity index (χ2n) is 7.27. The van der Waals surface area contributed by atoms with Crippen LogP contribution in [-0.4, -0.2) is 29.7 Å². The van der Waals surface area contributed by atoms with E-state index in [0.29, 0.717) is 17.7 Å². The first kappa shape index (κ1) is 16.7. The largest absolute Gasteiger partial charge is 0.356 e. The first-order valence-electron chi connectivity index (χ1n) is 9.16. The van der Waals surface area contributed by atoms with Crippen LogP contribution < -0.4 is 10.6 Å². The third-order valence-corrected chi connectivity index (χ3v) is 7.03. The minimum Gasteiger partial charge on any atom is -0.356 e. The van der Waals surface area contributed by atoms with Gasteiger partial charge in [0.05, 0.1) is 5.92 Å². The summed E-state index contributed by atoms with van der Waals surface area (Å²) in [6.07, 6.45) is 5.62. The Hall–Kier alpha value is -1.75. The summed E-state index contributed by atoms with van der Waals surface area (Å²) in [5, 5.41) is 8.70. The lowest BCUT2D eigenvalue weighted by molar-refractivity contribution is -0.131. The summed E-state index contributed by atoms with van der Waals surface area (Å²) in [6, 6.07) is 10.4. The van der Waals surface area contributed by atoms with E-state index in [2.05, 4.69) is 28.2 Å². The van der Waals surface area contributed by atoms with Crippen LogP contribution in [0.1, 0.15) is 24.8 Å². The van der Waals surface area contributed by atoms with Crippen LogP contribution in [0.5, 0.6) is 0 Å². The van der Waals surface area contributed by atoms with Crippen LogP contribution >= 0.6 is 11.8 Å². The Morgan fingerprint density at radius 1 is 1.24 bits per heavy atom. The topological polar surface area (TPSA) is 58.2 Å². The third kappa shape index (κ3) is 3.47. The van der Waals surface area contributed by atoms with Gasteiger partial charge in [0.1, 0.15) is 0 Å². The van der Waals surface area contributed by atoms with Crippen LogP contribution in [0.4, 0.5) is 0 Å². The van der Waals surface area contributed by atoms with Crippen LogP contribution in [0, 0.1) is 17.8 Å². The van der Waals surface area contributed by atoms with Gasteiger partial charge in [0, 0.05) is 23.8 Å². The van der Waals surface area contributed by atoms with E-state index in [1.807, 2.05) is 24.3 Å². The molecule has 25 heavy (non-hydrogen) atoms. The highest BCUT2D eigenvalue weighted by Crippen LogP contribution is 2.45. The Morgan fingerprint density at radius 2 is 2.08 bits per heavy atom. The van der Waals surface area contributed by atoms with Crippen molar-refractivity contribution in [2.24, 2.45) is 17.8 Å². The van der Waals surface area contributed by atoms with Crippen molar-refractivity contribution in [2.45, 2.75) is 37.0 Å². The fraction of sp³-hybridized carbons (Fsp3) is 0.500. The van der Waals surface area contributed by atoms with Crippen molar-refractivity contribution in [3.8, 4) is 0 Å². The number of rotatable bonds is 4. The van der Waals surface area contributed by atoms with E-state index in [1.165, 1.54) is 5.56 Å². The molecule has 2 amide bonds. The maximum atomic E-state index is 12.5. The molecule has 4 rings (SSSR count). The number of piperidine rings is 1. The number of hydrogen-bond acceptors (Lipinski definition) is 3. The van der Waals surface area contributed by atoms with Crippen molar-refractivity contribution in [2.75, 3.05) is 6.54 Å². The highest BCUT2D eigenvalue weighted by atomic mass is 32.2. The maximum Gasteiger partial charge on any atom is 0.228 e. The van der Waals surface area contributed by atoms with Gasteiger partial charge in [-0.25, -0.2) is 0 Å². The number of thioether (sulfide) groups is 1. The van der Waals surface area contributed by atoms with E-state index >= 15 is 0 Å². The van der Waals surface area contributed by atoms with Gasteiger partial charge >= 0.3 is 0 Å². The van der Waals surface area contributed by atoms with E-state index in [1.54, 1.807) is 11.8 Å². The second kappa shape index (κ2) is 7.24. The summed E-state index contributed by atoms with van der Waals surface area (Å²) in [7, 11) is 0. The molecule has 1 aromatic rings. The van der Waals surface area contributed by atoms with E-state index in [-0.39, 0.29) is 29.7 Å². The van der Waals surface area contributed by atoms with Gasteiger partial charge in [-0.1, -0.05) is 36.4 Å². The average molecular weight is 356 g/mol. The maximum absolute atomic E-state index is 12.5. The number of carbonyl (C=O) groups is 2. The highest BCUT2D eigenvalue weighted by molar-refractivity contribution is 8.03. The molecule has 5 atom stereocenters. The molecule has 1 saturated carbocycles. The van der Waals surface area contributed by atoms with Gasteiger partial charge in [-0.05, 0) is 42.6 Å². The predicted molar refractivity (Wildman–Crippen MR) is 99.9 cm³/mol. The summed E-state index contributed by atoms with van der Waals surface area (Å²) in [6.45, 7) is 0.671. The minimum absolute atomic E-state index is 0.0215. The first-order valence-corrected chi connectivity index (χ1v) is 10.1. The highest BCUT2D eigenvalue weighted by Gasteiger charge is 2.47. The molecule has 1 aromatic carbocycles. The van der Waals surface area contributed by atoms with E-state index < -0.39 is 0 Å². The van der Waals surface area contributed by atoms with Crippen molar-refractivity contribution in [1.82, 2.24) is 10.6 Å². The second-order valence-corrected chi connectivity index (χ2v) is 8.36. The van der Waals surface area contributed by atoms with Gasteiger partial charge < -0.3 is 10.6 Å². The van der Waals surface area contributed by atoms with Crippen molar-refractivity contribution in [1.29, 1.82) is 0 Å². The van der Waals surface area contributed by atoms with Gasteiger partial charge in [0.2, 0.25) is 11.8 Å². The summed E-state index contributed by atoms with van der Waals surface area (Å²) < 4.78 is 0. The molecule has 5 heteroatoms. The minimum atomic E-state index is 0.0215. The summed E-state index contributed by atoms with van der Waals surface area (Å²) in [5.41, 5.74) is 1.24. The van der Waals surface area contributed by atoms with Gasteiger partial charge in [0.25, 0.3) is 0 Å². The Kier molecular flexibility index (Phi) is 4.84. The van der Waals surface area contributed by atoms with E-state index in [4.69, 9.17) is 0 Å². The quantitative estimate of drug-likeness (QED) is 0.871. The lowest BCUT2D eigenvalue weighted by Gasteiger charge is -2.44. The Bertz CT molecular complexity index is 676. The summed E-state index contributed by atoms with van der Waals surface area (Å²) in [5.74, 6) is 0.826. The third-order valence-electron chi connectivity index (χ3n) is 5.76. The molecule has 0 aromatic heterocycles. The first-order chi connectivity index (χ1) is 12.2. The van der Waals surface area contributed by atoms with Gasteiger partial charge in [0.15, 0.2) is 0 Å². The molecule has 5 unspecified atom stereocenters. The standard InChI is InChI=1S/C20H24N2O2S/c23-19(21-10-8-13-4-2-1-3-5-13)14-6-7-15-17(12-14)22-20(24)16-9-11-25-18(15)16/h1-5,9,11,14-18H,6-8,10,12H2,(H,21,23)(H,22,24). The molecule has 0 radical (unpaired) electrons. The van der Waals surface area contributed by atoms with Crippen LogP contribution in [0.25, 0.3) is 0 Å². The normalized spacial score (nSPS) is 33.3. The fourth-order valence-electron chi connectivity index (χ4n) is 4.41. The van der Waals surface area contributed by atoms with Gasteiger partial charge in [-0.15, -0.1) is 11.8 Å². The number of benzene rings is 1. The number of nitrogens with one attached hydrogen (secondary N) is 2. The zero-order valence-corrected chi connectivity index (χ0v) is 15.0. The SMILES string of the molecule is O=C(NCCc1ccccc1)C1CCC2C(C1)NC(=O)C1C=CSC12. The summed E-state index contributed by atoms with van der Waals surface area (Å²) in [4.78, 5) is 24.8. The lowest BCUT2D eigenvalue weighted by atomic mass is 9.71. The average Bonchev–Trinajstić information content (AvgIpc) is 3.13. The lowest BCUT2D eigenvalue weighted by Crippen LogP contribution is -2.57. The molecule has 1 saturated heterocycles. The summed E-state index contributed by atoms with van der Waals surface area (Å²) >= 11 is 1.79. The van der Waals surface area contributed by atoms with Crippen molar-refractivity contribution in [3.05, 3.63) is 47.4 Å². The number of fused-ring (bicyclic) bond motifs is 3. The Labute approximate surface area is 152 Å². The van der Waals surface area contributed by atoms with E-state index in [9.17, 15) is 9.59 Å². The van der Waals surface area contributed by atoms with Crippen LogP contribution in [0.3, 0.4) is 0 Å². The van der Waals surface area contributed by atoms with Gasteiger partial charge in [-0.2, -0.15) is 0 Å².